The van der Waals surface area contributed by atoms with Crippen LogP contribution in [-0.4, -0.2) is 18.1 Å². The average molecular weight is 285 g/mol. The van der Waals surface area contributed by atoms with E-state index in [4.69, 9.17) is 0 Å². The van der Waals surface area contributed by atoms with Gasteiger partial charge in [0.05, 0.1) is 4.47 Å². The van der Waals surface area contributed by atoms with Gasteiger partial charge in [0, 0.05) is 19.3 Å². The molecule has 2 nitrogen and oxygen atoms in total. The van der Waals surface area contributed by atoms with Gasteiger partial charge in [-0.15, -0.1) is 0 Å². The molecule has 16 heavy (non-hydrogen) atoms. The molecule has 0 amide bonds. The molecular weight excluding hydrogens is 264 g/mol. The van der Waals surface area contributed by atoms with Crippen molar-refractivity contribution in [3.63, 3.8) is 0 Å². The van der Waals surface area contributed by atoms with Crippen LogP contribution in [0.4, 0.5) is 5.82 Å². The van der Waals surface area contributed by atoms with Gasteiger partial charge in [-0.3, -0.25) is 0 Å². The van der Waals surface area contributed by atoms with E-state index < -0.39 is 0 Å². The zero-order chi connectivity index (χ0) is 12.3. The standard InChI is InChI=1S/C13H21BrN2/c1-9(2)6-11(4)16(5)13-12(14)7-10(3)8-15-13/h7-9,11H,6H2,1-5H3. The van der Waals surface area contributed by atoms with Crippen LogP contribution in [0, 0.1) is 12.8 Å². The van der Waals surface area contributed by atoms with E-state index in [0.29, 0.717) is 12.0 Å². The molecule has 0 spiro atoms. The number of aryl methyl sites for hydroxylation is 1. The van der Waals surface area contributed by atoms with Crippen molar-refractivity contribution in [2.24, 2.45) is 5.92 Å². The molecule has 0 N–H and O–H groups in total. The molecule has 1 heterocycles. The Morgan fingerprint density at radius 3 is 2.50 bits per heavy atom. The SMILES string of the molecule is Cc1cnc(N(C)C(C)CC(C)C)c(Br)c1. The summed E-state index contributed by atoms with van der Waals surface area (Å²) in [6.45, 7) is 8.80. The molecule has 0 aromatic carbocycles. The third-order valence-electron chi connectivity index (χ3n) is 2.77. The molecule has 1 aromatic heterocycles. The molecule has 0 aliphatic carbocycles. The topological polar surface area (TPSA) is 16.1 Å². The molecule has 90 valence electrons. The van der Waals surface area contributed by atoms with Crippen molar-refractivity contribution in [1.82, 2.24) is 4.98 Å². The first-order valence-corrected chi connectivity index (χ1v) is 6.56. The number of nitrogens with zero attached hydrogens (tertiary/aromatic N) is 2. The molecule has 0 bridgehead atoms. The van der Waals surface area contributed by atoms with Crippen LogP contribution in [0.5, 0.6) is 0 Å². The normalized spacial score (nSPS) is 12.9. The molecule has 1 rings (SSSR count). The van der Waals surface area contributed by atoms with Crippen molar-refractivity contribution >= 4 is 21.7 Å². The fourth-order valence-electron chi connectivity index (χ4n) is 1.83. The number of anilines is 1. The average Bonchev–Trinajstić information content (AvgIpc) is 2.15. The van der Waals surface area contributed by atoms with Crippen LogP contribution in [0.15, 0.2) is 16.7 Å². The highest BCUT2D eigenvalue weighted by atomic mass is 79.9. The summed E-state index contributed by atoms with van der Waals surface area (Å²) in [5.74, 6) is 1.74. The second-order valence-electron chi connectivity index (χ2n) is 4.91. The Kier molecular flexibility index (Phi) is 4.78. The molecule has 0 fully saturated rings. The second-order valence-corrected chi connectivity index (χ2v) is 5.76. The summed E-state index contributed by atoms with van der Waals surface area (Å²) in [7, 11) is 2.11. The molecule has 0 radical (unpaired) electrons. The number of aromatic nitrogens is 1. The second kappa shape index (κ2) is 5.67. The zero-order valence-electron chi connectivity index (χ0n) is 10.8. The Hall–Kier alpha value is -0.570. The largest absolute Gasteiger partial charge is 0.356 e. The molecule has 0 saturated carbocycles. The maximum absolute atomic E-state index is 4.49. The van der Waals surface area contributed by atoms with Gasteiger partial charge in [0.15, 0.2) is 0 Å². The fourth-order valence-corrected chi connectivity index (χ4v) is 2.58. The number of rotatable bonds is 4. The van der Waals surface area contributed by atoms with Crippen molar-refractivity contribution in [3.8, 4) is 0 Å². The lowest BCUT2D eigenvalue weighted by Gasteiger charge is -2.28. The van der Waals surface area contributed by atoms with Crippen molar-refractivity contribution in [2.75, 3.05) is 11.9 Å². The molecule has 0 aliphatic rings. The summed E-state index contributed by atoms with van der Waals surface area (Å²) < 4.78 is 1.07. The first-order chi connectivity index (χ1) is 7.41. The van der Waals surface area contributed by atoms with E-state index in [1.165, 1.54) is 12.0 Å². The summed E-state index contributed by atoms with van der Waals surface area (Å²) in [5.41, 5.74) is 1.18. The van der Waals surface area contributed by atoms with Gasteiger partial charge >= 0.3 is 0 Å². The summed E-state index contributed by atoms with van der Waals surface area (Å²) >= 11 is 3.58. The van der Waals surface area contributed by atoms with E-state index in [0.717, 1.165) is 10.3 Å². The van der Waals surface area contributed by atoms with Crippen LogP contribution in [0.25, 0.3) is 0 Å². The van der Waals surface area contributed by atoms with Gasteiger partial charge in [-0.05, 0) is 53.7 Å². The summed E-state index contributed by atoms with van der Waals surface area (Å²) in [4.78, 5) is 6.72. The molecule has 1 unspecified atom stereocenters. The van der Waals surface area contributed by atoms with Crippen LogP contribution in [0.3, 0.4) is 0 Å². The minimum Gasteiger partial charge on any atom is -0.356 e. The smallest absolute Gasteiger partial charge is 0.142 e. The summed E-state index contributed by atoms with van der Waals surface area (Å²) in [5, 5.41) is 0. The minimum atomic E-state index is 0.506. The minimum absolute atomic E-state index is 0.506. The van der Waals surface area contributed by atoms with E-state index >= 15 is 0 Å². The lowest BCUT2D eigenvalue weighted by molar-refractivity contribution is 0.501. The van der Waals surface area contributed by atoms with E-state index in [1.54, 1.807) is 0 Å². The van der Waals surface area contributed by atoms with Gasteiger partial charge in [-0.2, -0.15) is 0 Å². The van der Waals surface area contributed by atoms with E-state index in [9.17, 15) is 0 Å². The number of hydrogen-bond acceptors (Lipinski definition) is 2. The van der Waals surface area contributed by atoms with Crippen LogP contribution in [-0.2, 0) is 0 Å². The van der Waals surface area contributed by atoms with E-state index in [1.807, 2.05) is 6.20 Å². The van der Waals surface area contributed by atoms with Gasteiger partial charge in [0.2, 0.25) is 0 Å². The summed E-state index contributed by atoms with van der Waals surface area (Å²) in [6.07, 6.45) is 3.09. The quantitative estimate of drug-likeness (QED) is 0.830. The molecule has 1 aromatic rings. The molecule has 1 atom stereocenters. The zero-order valence-corrected chi connectivity index (χ0v) is 12.4. The first kappa shape index (κ1) is 13.5. The summed E-state index contributed by atoms with van der Waals surface area (Å²) in [6, 6.07) is 2.62. The maximum Gasteiger partial charge on any atom is 0.142 e. The number of halogens is 1. The van der Waals surface area contributed by atoms with Crippen molar-refractivity contribution in [1.29, 1.82) is 0 Å². The Bertz CT molecular complexity index is 350. The number of pyridine rings is 1. The first-order valence-electron chi connectivity index (χ1n) is 5.76. The van der Waals surface area contributed by atoms with Gasteiger partial charge in [-0.1, -0.05) is 13.8 Å². The lowest BCUT2D eigenvalue weighted by Crippen LogP contribution is -2.31. The Morgan fingerprint density at radius 2 is 2.00 bits per heavy atom. The van der Waals surface area contributed by atoms with Gasteiger partial charge in [0.25, 0.3) is 0 Å². The third kappa shape index (κ3) is 3.48. The number of hydrogen-bond donors (Lipinski definition) is 0. The van der Waals surface area contributed by atoms with Crippen LogP contribution in [0.2, 0.25) is 0 Å². The predicted molar refractivity (Wildman–Crippen MR) is 74.0 cm³/mol. The van der Waals surface area contributed by atoms with Crippen molar-refractivity contribution in [2.45, 2.75) is 40.2 Å². The van der Waals surface area contributed by atoms with Crippen LogP contribution in [0.1, 0.15) is 32.8 Å². The highest BCUT2D eigenvalue weighted by Crippen LogP contribution is 2.26. The van der Waals surface area contributed by atoms with Gasteiger partial charge < -0.3 is 4.90 Å². The highest BCUT2D eigenvalue weighted by molar-refractivity contribution is 9.10. The third-order valence-corrected chi connectivity index (χ3v) is 3.35. The highest BCUT2D eigenvalue weighted by Gasteiger charge is 2.15. The van der Waals surface area contributed by atoms with Gasteiger partial charge in [0.1, 0.15) is 5.82 Å². The monoisotopic (exact) mass is 284 g/mol. The van der Waals surface area contributed by atoms with Crippen LogP contribution >= 0.6 is 15.9 Å². The molecule has 0 saturated heterocycles. The van der Waals surface area contributed by atoms with Crippen LogP contribution < -0.4 is 4.90 Å². The molecular formula is C13H21BrN2. The predicted octanol–water partition coefficient (Wildman–Crippen LogP) is 4.02. The van der Waals surface area contributed by atoms with Crippen molar-refractivity contribution < 1.29 is 0 Å². The van der Waals surface area contributed by atoms with Crippen molar-refractivity contribution in [3.05, 3.63) is 22.3 Å². The Morgan fingerprint density at radius 1 is 1.38 bits per heavy atom. The molecule has 3 heteroatoms. The van der Waals surface area contributed by atoms with E-state index in [-0.39, 0.29) is 0 Å². The molecule has 0 aliphatic heterocycles. The Balaban J connectivity index is 2.83. The van der Waals surface area contributed by atoms with Gasteiger partial charge in [-0.25, -0.2) is 4.98 Å². The lowest BCUT2D eigenvalue weighted by atomic mass is 10.0. The maximum atomic E-state index is 4.49. The van der Waals surface area contributed by atoms with E-state index in [2.05, 4.69) is 66.6 Å². The Labute approximate surface area is 107 Å². The fraction of sp³-hybridized carbons (Fsp3) is 0.615.